The molecule has 1 saturated heterocycles. The zero-order chi connectivity index (χ0) is 13.1. The van der Waals surface area contributed by atoms with Crippen LogP contribution in [0.4, 0.5) is 5.95 Å². The minimum absolute atomic E-state index is 0.108. The van der Waals surface area contributed by atoms with Gasteiger partial charge in [0.05, 0.1) is 12.7 Å². The number of ether oxygens (including phenoxy) is 1. The molecular formula is C12H11N3O3. The Morgan fingerprint density at radius 3 is 2.72 bits per heavy atom. The number of rotatable bonds is 2. The number of anilines is 1. The average Bonchev–Trinajstić information content (AvgIpc) is 2.79. The number of hydrogen-bond donors (Lipinski definition) is 0. The Morgan fingerprint density at radius 2 is 2.22 bits per heavy atom. The molecule has 18 heavy (non-hydrogen) atoms. The molecule has 0 spiro atoms. The van der Waals surface area contributed by atoms with Crippen LogP contribution in [-0.4, -0.2) is 35.5 Å². The van der Waals surface area contributed by atoms with Crippen LogP contribution in [0.5, 0.6) is 0 Å². The zero-order valence-corrected chi connectivity index (χ0v) is 9.79. The summed E-state index contributed by atoms with van der Waals surface area (Å²) in [6.07, 6.45) is 8.24. The zero-order valence-electron chi connectivity index (χ0n) is 9.79. The van der Waals surface area contributed by atoms with Crippen molar-refractivity contribution in [2.45, 2.75) is 6.42 Å². The number of terminal acetylenes is 1. The number of carbonyl (C=O) groups excluding carboxylic acids is 2. The summed E-state index contributed by atoms with van der Waals surface area (Å²) in [6.45, 7) is 0.410. The van der Waals surface area contributed by atoms with Gasteiger partial charge in [-0.2, -0.15) is 0 Å². The lowest BCUT2D eigenvalue weighted by atomic mass is 10.1. The fourth-order valence-electron chi connectivity index (χ4n) is 1.70. The lowest BCUT2D eigenvalue weighted by molar-refractivity contribution is -0.117. The second-order valence-corrected chi connectivity index (χ2v) is 3.84. The van der Waals surface area contributed by atoms with E-state index in [0.717, 1.165) is 0 Å². The van der Waals surface area contributed by atoms with Crippen LogP contribution < -0.4 is 4.90 Å². The van der Waals surface area contributed by atoms with Gasteiger partial charge >= 0.3 is 5.97 Å². The Labute approximate surface area is 104 Å². The molecule has 0 bridgehead atoms. The van der Waals surface area contributed by atoms with Gasteiger partial charge < -0.3 is 4.74 Å². The molecule has 1 fully saturated rings. The minimum atomic E-state index is -0.518. The van der Waals surface area contributed by atoms with Crippen LogP contribution >= 0.6 is 0 Å². The standard InChI is InChI=1S/C12H11N3O3/c1-3-8-4-10(16)15(7-8)12-13-5-9(6-14-12)11(17)18-2/h1,5-6,8H,4,7H2,2H3. The number of nitrogens with zero attached hydrogens (tertiary/aromatic N) is 3. The van der Waals surface area contributed by atoms with E-state index in [1.54, 1.807) is 0 Å². The van der Waals surface area contributed by atoms with Crippen molar-refractivity contribution in [1.29, 1.82) is 0 Å². The average molecular weight is 245 g/mol. The molecule has 2 rings (SSSR count). The van der Waals surface area contributed by atoms with Gasteiger partial charge in [0.15, 0.2) is 0 Å². The lowest BCUT2D eigenvalue weighted by Gasteiger charge is -2.12. The summed E-state index contributed by atoms with van der Waals surface area (Å²) >= 11 is 0. The van der Waals surface area contributed by atoms with Gasteiger partial charge in [-0.05, 0) is 0 Å². The highest BCUT2D eigenvalue weighted by Crippen LogP contribution is 2.21. The molecule has 0 saturated carbocycles. The van der Waals surface area contributed by atoms with E-state index < -0.39 is 5.97 Å². The molecule has 1 aromatic heterocycles. The van der Waals surface area contributed by atoms with Gasteiger partial charge in [-0.25, -0.2) is 14.8 Å². The molecule has 1 aromatic rings. The second kappa shape index (κ2) is 4.84. The number of amides is 1. The maximum absolute atomic E-state index is 11.7. The van der Waals surface area contributed by atoms with Gasteiger partial charge in [0.1, 0.15) is 0 Å². The van der Waals surface area contributed by atoms with Crippen LogP contribution in [0, 0.1) is 18.3 Å². The Bertz CT molecular complexity index is 518. The fraction of sp³-hybridized carbons (Fsp3) is 0.333. The van der Waals surface area contributed by atoms with Crippen molar-refractivity contribution in [2.24, 2.45) is 5.92 Å². The number of aromatic nitrogens is 2. The molecule has 0 radical (unpaired) electrons. The van der Waals surface area contributed by atoms with Crippen molar-refractivity contribution < 1.29 is 14.3 Å². The maximum Gasteiger partial charge on any atom is 0.341 e. The van der Waals surface area contributed by atoms with Gasteiger partial charge in [-0.3, -0.25) is 9.69 Å². The van der Waals surface area contributed by atoms with Gasteiger partial charge in [0.2, 0.25) is 11.9 Å². The largest absolute Gasteiger partial charge is 0.465 e. The highest BCUT2D eigenvalue weighted by Gasteiger charge is 2.31. The van der Waals surface area contributed by atoms with Gasteiger partial charge in [0.25, 0.3) is 0 Å². The SMILES string of the molecule is C#CC1CC(=O)N(c2ncc(C(=O)OC)cn2)C1. The summed E-state index contributed by atoms with van der Waals surface area (Å²) in [5.41, 5.74) is 0.237. The molecule has 0 N–H and O–H groups in total. The second-order valence-electron chi connectivity index (χ2n) is 3.84. The molecule has 6 nitrogen and oxygen atoms in total. The minimum Gasteiger partial charge on any atom is -0.465 e. The highest BCUT2D eigenvalue weighted by atomic mass is 16.5. The van der Waals surface area contributed by atoms with E-state index >= 15 is 0 Å². The van der Waals surface area contributed by atoms with E-state index in [0.29, 0.717) is 13.0 Å². The summed E-state index contributed by atoms with van der Waals surface area (Å²) in [4.78, 5) is 32.2. The molecule has 92 valence electrons. The van der Waals surface area contributed by atoms with Crippen molar-refractivity contribution in [3.8, 4) is 12.3 Å². The molecule has 0 aliphatic carbocycles. The molecule has 0 aromatic carbocycles. The molecule has 1 amide bonds. The van der Waals surface area contributed by atoms with Gasteiger partial charge in [-0.1, -0.05) is 0 Å². The van der Waals surface area contributed by atoms with Gasteiger partial charge in [-0.15, -0.1) is 12.3 Å². The van der Waals surface area contributed by atoms with E-state index in [-0.39, 0.29) is 23.3 Å². The Balaban J connectivity index is 2.18. The first-order valence-electron chi connectivity index (χ1n) is 5.32. The van der Waals surface area contributed by atoms with E-state index in [1.807, 2.05) is 0 Å². The third-order valence-corrected chi connectivity index (χ3v) is 2.66. The van der Waals surface area contributed by atoms with Crippen molar-refractivity contribution in [3.63, 3.8) is 0 Å². The third-order valence-electron chi connectivity index (χ3n) is 2.66. The summed E-state index contributed by atoms with van der Waals surface area (Å²) in [7, 11) is 1.28. The number of hydrogen-bond acceptors (Lipinski definition) is 5. The quantitative estimate of drug-likeness (QED) is 0.551. The Morgan fingerprint density at radius 1 is 1.56 bits per heavy atom. The predicted molar refractivity (Wildman–Crippen MR) is 62.7 cm³/mol. The monoisotopic (exact) mass is 245 g/mol. The van der Waals surface area contributed by atoms with Crippen LogP contribution in [0.15, 0.2) is 12.4 Å². The van der Waals surface area contributed by atoms with Crippen molar-refractivity contribution >= 4 is 17.8 Å². The van der Waals surface area contributed by atoms with Crippen LogP contribution in [-0.2, 0) is 9.53 Å². The predicted octanol–water partition coefficient (Wildman–Crippen LogP) is 0.249. The van der Waals surface area contributed by atoms with Crippen LogP contribution in [0.1, 0.15) is 16.8 Å². The highest BCUT2D eigenvalue weighted by molar-refractivity contribution is 5.94. The molecule has 6 heteroatoms. The molecule has 1 atom stereocenters. The van der Waals surface area contributed by atoms with Crippen LogP contribution in [0.25, 0.3) is 0 Å². The first-order valence-corrected chi connectivity index (χ1v) is 5.32. The summed E-state index contributed by atoms with van der Waals surface area (Å²) in [5.74, 6) is 2.06. The third kappa shape index (κ3) is 2.15. The van der Waals surface area contributed by atoms with Crippen LogP contribution in [0.2, 0.25) is 0 Å². The fourth-order valence-corrected chi connectivity index (χ4v) is 1.70. The van der Waals surface area contributed by atoms with E-state index in [2.05, 4.69) is 20.6 Å². The number of carbonyl (C=O) groups is 2. The van der Waals surface area contributed by atoms with Crippen molar-refractivity contribution in [1.82, 2.24) is 9.97 Å². The molecule has 2 heterocycles. The number of methoxy groups -OCH3 is 1. The summed E-state index contributed by atoms with van der Waals surface area (Å²) in [6, 6.07) is 0. The molecule has 1 unspecified atom stereocenters. The smallest absolute Gasteiger partial charge is 0.341 e. The summed E-state index contributed by atoms with van der Waals surface area (Å²) in [5, 5.41) is 0. The Kier molecular flexibility index (Phi) is 3.24. The van der Waals surface area contributed by atoms with Crippen molar-refractivity contribution in [3.05, 3.63) is 18.0 Å². The van der Waals surface area contributed by atoms with E-state index in [4.69, 9.17) is 6.42 Å². The Hall–Kier alpha value is -2.42. The van der Waals surface area contributed by atoms with Crippen molar-refractivity contribution in [2.75, 3.05) is 18.6 Å². The van der Waals surface area contributed by atoms with E-state index in [9.17, 15) is 9.59 Å². The number of esters is 1. The summed E-state index contributed by atoms with van der Waals surface area (Å²) < 4.78 is 4.53. The molecular weight excluding hydrogens is 234 g/mol. The lowest BCUT2D eigenvalue weighted by Crippen LogP contribution is -2.26. The topological polar surface area (TPSA) is 72.4 Å². The molecule has 1 aliphatic heterocycles. The molecule has 1 aliphatic rings. The first kappa shape index (κ1) is 12.0. The van der Waals surface area contributed by atoms with E-state index in [1.165, 1.54) is 24.4 Å². The van der Waals surface area contributed by atoms with Crippen LogP contribution in [0.3, 0.4) is 0 Å². The van der Waals surface area contributed by atoms with Gasteiger partial charge in [0, 0.05) is 31.3 Å². The normalized spacial score (nSPS) is 18.6. The first-order chi connectivity index (χ1) is 8.65. The maximum atomic E-state index is 11.7.